The molecule has 7 nitrogen and oxygen atoms in total. The molecule has 4 rings (SSSR count). The Kier molecular flexibility index (Phi) is 4.42. The number of benzene rings is 2. The van der Waals surface area contributed by atoms with E-state index < -0.39 is 12.1 Å². The highest BCUT2D eigenvalue weighted by atomic mass is 16.6. The molecule has 0 saturated heterocycles. The first kappa shape index (κ1) is 17.0. The fourth-order valence-corrected chi connectivity index (χ4v) is 2.70. The van der Waals surface area contributed by atoms with Gasteiger partial charge in [-0.3, -0.25) is 4.79 Å². The van der Waals surface area contributed by atoms with Crippen LogP contribution in [0, 0.1) is 6.92 Å². The van der Waals surface area contributed by atoms with Crippen LogP contribution < -0.4 is 0 Å². The van der Waals surface area contributed by atoms with Crippen molar-refractivity contribution in [1.29, 1.82) is 0 Å². The Balaban J connectivity index is 1.43. The molecule has 0 saturated carbocycles. The second-order valence-electron chi connectivity index (χ2n) is 6.25. The Labute approximate surface area is 154 Å². The Morgan fingerprint density at radius 1 is 1.11 bits per heavy atom. The number of carbonyl (C=O) groups excluding carboxylic acids is 1. The second kappa shape index (κ2) is 7.03. The van der Waals surface area contributed by atoms with E-state index in [1.54, 1.807) is 13.0 Å². The highest BCUT2D eigenvalue weighted by Crippen LogP contribution is 2.24. The molecular weight excluding hydrogens is 346 g/mol. The zero-order valence-electron chi connectivity index (χ0n) is 14.9. The highest BCUT2D eigenvalue weighted by Gasteiger charge is 2.21. The van der Waals surface area contributed by atoms with E-state index in [4.69, 9.17) is 13.7 Å². The van der Waals surface area contributed by atoms with Gasteiger partial charge in [0, 0.05) is 10.9 Å². The van der Waals surface area contributed by atoms with Crippen molar-refractivity contribution in [2.75, 3.05) is 0 Å². The van der Waals surface area contributed by atoms with Gasteiger partial charge in [0.2, 0.25) is 5.89 Å². The highest BCUT2D eigenvalue weighted by molar-refractivity contribution is 5.84. The first-order valence-corrected chi connectivity index (χ1v) is 8.53. The van der Waals surface area contributed by atoms with Gasteiger partial charge in [-0.2, -0.15) is 0 Å². The molecule has 0 spiro atoms. The van der Waals surface area contributed by atoms with Crippen molar-refractivity contribution in [2.45, 2.75) is 26.4 Å². The summed E-state index contributed by atoms with van der Waals surface area (Å²) < 4.78 is 16.3. The molecular formula is C20H17N3O4. The summed E-state index contributed by atoms with van der Waals surface area (Å²) in [6.45, 7) is 3.69. The molecule has 0 aliphatic rings. The Morgan fingerprint density at radius 3 is 2.70 bits per heavy atom. The first-order valence-electron chi connectivity index (χ1n) is 8.53. The van der Waals surface area contributed by atoms with Crippen LogP contribution in [0.2, 0.25) is 0 Å². The summed E-state index contributed by atoms with van der Waals surface area (Å²) in [5, 5.41) is 12.7. The summed E-state index contributed by atoms with van der Waals surface area (Å²) >= 11 is 0. The topological polar surface area (TPSA) is 91.2 Å². The fourth-order valence-electron chi connectivity index (χ4n) is 2.70. The van der Waals surface area contributed by atoms with Crippen molar-refractivity contribution >= 4 is 16.9 Å². The standard InChI is InChI=1S/C20H17N3O4/c1-12-7-9-14(10-8-12)20-22-21-19(26-20)13(2)25-18(24)11-16-15-5-3-4-6-17(15)27-23-16/h3-10,13H,11H2,1-2H3/t13-/m1/s1. The average Bonchev–Trinajstić information content (AvgIpc) is 3.30. The molecule has 27 heavy (non-hydrogen) atoms. The molecule has 2 aromatic carbocycles. The van der Waals surface area contributed by atoms with Crippen molar-refractivity contribution in [3.8, 4) is 11.5 Å². The molecule has 0 bridgehead atoms. The Hall–Kier alpha value is -3.48. The molecule has 0 N–H and O–H groups in total. The van der Waals surface area contributed by atoms with Gasteiger partial charge in [0.25, 0.3) is 5.89 Å². The van der Waals surface area contributed by atoms with E-state index in [0.717, 1.165) is 16.5 Å². The number of esters is 1. The van der Waals surface area contributed by atoms with Crippen molar-refractivity contribution in [1.82, 2.24) is 15.4 Å². The van der Waals surface area contributed by atoms with E-state index in [9.17, 15) is 4.79 Å². The summed E-state index contributed by atoms with van der Waals surface area (Å²) in [6, 6.07) is 15.1. The van der Waals surface area contributed by atoms with Gasteiger partial charge in [-0.1, -0.05) is 35.0 Å². The molecule has 2 heterocycles. The summed E-state index contributed by atoms with van der Waals surface area (Å²) in [6.07, 6.45) is -0.664. The number of aryl methyl sites for hydroxylation is 1. The third-order valence-electron chi connectivity index (χ3n) is 4.16. The minimum Gasteiger partial charge on any atom is -0.452 e. The van der Waals surface area contributed by atoms with Crippen molar-refractivity contribution in [2.24, 2.45) is 0 Å². The first-order chi connectivity index (χ1) is 13.1. The Morgan fingerprint density at radius 2 is 1.89 bits per heavy atom. The van der Waals surface area contributed by atoms with Crippen LogP contribution in [0.5, 0.6) is 0 Å². The Bertz CT molecular complexity index is 1080. The van der Waals surface area contributed by atoms with Gasteiger partial charge in [-0.15, -0.1) is 10.2 Å². The van der Waals surface area contributed by atoms with E-state index in [1.165, 1.54) is 0 Å². The van der Waals surface area contributed by atoms with E-state index in [2.05, 4.69) is 15.4 Å². The van der Waals surface area contributed by atoms with Crippen LogP contribution in [0.25, 0.3) is 22.4 Å². The second-order valence-corrected chi connectivity index (χ2v) is 6.25. The predicted octanol–water partition coefficient (Wildman–Crippen LogP) is 4.03. The van der Waals surface area contributed by atoms with Gasteiger partial charge in [0.05, 0.1) is 6.42 Å². The van der Waals surface area contributed by atoms with Gasteiger partial charge in [-0.25, -0.2) is 0 Å². The van der Waals surface area contributed by atoms with Crippen LogP contribution >= 0.6 is 0 Å². The molecule has 0 aliphatic carbocycles. The maximum atomic E-state index is 12.3. The van der Waals surface area contributed by atoms with Crippen LogP contribution in [-0.2, 0) is 16.0 Å². The lowest BCUT2D eigenvalue weighted by Crippen LogP contribution is -2.12. The number of nitrogens with zero attached hydrogens (tertiary/aromatic N) is 3. The minimum absolute atomic E-state index is 0.000307. The molecule has 7 heteroatoms. The van der Waals surface area contributed by atoms with Gasteiger partial charge in [-0.05, 0) is 38.1 Å². The third kappa shape index (κ3) is 3.57. The average molecular weight is 363 g/mol. The molecule has 0 radical (unpaired) electrons. The minimum atomic E-state index is -0.664. The van der Waals surface area contributed by atoms with Crippen LogP contribution in [0.1, 0.15) is 30.2 Å². The number of rotatable bonds is 5. The molecule has 0 fully saturated rings. The largest absolute Gasteiger partial charge is 0.452 e. The number of para-hydroxylation sites is 1. The molecule has 136 valence electrons. The van der Waals surface area contributed by atoms with Gasteiger partial charge in [0.15, 0.2) is 11.7 Å². The predicted molar refractivity (Wildman–Crippen MR) is 96.7 cm³/mol. The van der Waals surface area contributed by atoms with Gasteiger partial charge >= 0.3 is 5.97 Å². The summed E-state index contributed by atoms with van der Waals surface area (Å²) in [5.41, 5.74) is 3.12. The van der Waals surface area contributed by atoms with E-state index in [-0.39, 0.29) is 12.3 Å². The SMILES string of the molecule is Cc1ccc(-c2nnc([C@@H](C)OC(=O)Cc3noc4ccccc34)o2)cc1. The van der Waals surface area contributed by atoms with E-state index in [1.807, 2.05) is 49.4 Å². The van der Waals surface area contributed by atoms with Crippen molar-refractivity contribution in [3.05, 3.63) is 65.7 Å². The lowest BCUT2D eigenvalue weighted by molar-refractivity contribution is -0.148. The van der Waals surface area contributed by atoms with Crippen molar-refractivity contribution in [3.63, 3.8) is 0 Å². The zero-order chi connectivity index (χ0) is 18.8. The van der Waals surface area contributed by atoms with Gasteiger partial charge in [0.1, 0.15) is 5.69 Å². The van der Waals surface area contributed by atoms with Crippen LogP contribution in [-0.4, -0.2) is 21.3 Å². The number of ether oxygens (including phenoxy) is 1. The van der Waals surface area contributed by atoms with Crippen molar-refractivity contribution < 1.29 is 18.5 Å². The van der Waals surface area contributed by atoms with Crippen LogP contribution in [0.4, 0.5) is 0 Å². The lowest BCUT2D eigenvalue weighted by Gasteiger charge is -2.08. The summed E-state index contributed by atoms with van der Waals surface area (Å²) in [4.78, 5) is 12.3. The number of carbonyl (C=O) groups is 1. The molecule has 0 amide bonds. The maximum absolute atomic E-state index is 12.3. The maximum Gasteiger partial charge on any atom is 0.312 e. The molecule has 4 aromatic rings. The molecule has 0 aliphatic heterocycles. The summed E-state index contributed by atoms with van der Waals surface area (Å²) in [7, 11) is 0. The number of aromatic nitrogens is 3. The van der Waals surface area contributed by atoms with Crippen LogP contribution in [0.15, 0.2) is 57.5 Å². The smallest absolute Gasteiger partial charge is 0.312 e. The zero-order valence-corrected chi connectivity index (χ0v) is 14.9. The molecule has 0 unspecified atom stereocenters. The molecule has 2 aromatic heterocycles. The normalized spacial score (nSPS) is 12.2. The lowest BCUT2D eigenvalue weighted by atomic mass is 10.1. The number of fused-ring (bicyclic) bond motifs is 1. The van der Waals surface area contributed by atoms with Crippen LogP contribution in [0.3, 0.4) is 0 Å². The third-order valence-corrected chi connectivity index (χ3v) is 4.16. The van der Waals surface area contributed by atoms with Gasteiger partial charge < -0.3 is 13.7 Å². The quantitative estimate of drug-likeness (QED) is 0.494. The fraction of sp³-hybridized carbons (Fsp3) is 0.200. The van der Waals surface area contributed by atoms with E-state index in [0.29, 0.717) is 17.2 Å². The molecule has 1 atom stereocenters. The summed E-state index contributed by atoms with van der Waals surface area (Å²) in [5.74, 6) is 0.177. The number of hydrogen-bond donors (Lipinski definition) is 0. The monoisotopic (exact) mass is 363 g/mol. The number of hydrogen-bond acceptors (Lipinski definition) is 7. The van der Waals surface area contributed by atoms with E-state index >= 15 is 0 Å².